The maximum absolute atomic E-state index is 10.8. The minimum absolute atomic E-state index is 0.250. The van der Waals surface area contributed by atoms with Crippen molar-refractivity contribution >= 4 is 5.88 Å². The van der Waals surface area contributed by atoms with Crippen LogP contribution in [0.1, 0.15) is 51.4 Å². The van der Waals surface area contributed by atoms with Crippen molar-refractivity contribution in [3.05, 3.63) is 60.1 Å². The lowest BCUT2D eigenvalue weighted by molar-refractivity contribution is -0.00269. The van der Waals surface area contributed by atoms with Gasteiger partial charge in [0.2, 0.25) is 5.88 Å². The van der Waals surface area contributed by atoms with Gasteiger partial charge in [-0.3, -0.25) is 4.90 Å². The zero-order valence-corrected chi connectivity index (χ0v) is 21.2. The molecular formula is C28H39N3O4. The summed E-state index contributed by atoms with van der Waals surface area (Å²) in [4.78, 5) is 4.66. The highest BCUT2D eigenvalue weighted by Crippen LogP contribution is 2.35. The number of benzene rings is 1. The Kier molecular flexibility index (Phi) is 9.01. The zero-order valence-electron chi connectivity index (χ0n) is 21.2. The van der Waals surface area contributed by atoms with E-state index in [0.29, 0.717) is 19.7 Å². The third-order valence-electron chi connectivity index (χ3n) is 7.04. The molecule has 7 heteroatoms. The van der Waals surface area contributed by atoms with Gasteiger partial charge in [0.05, 0.1) is 24.5 Å². The Labute approximate surface area is 208 Å². The Morgan fingerprint density at radius 3 is 2.63 bits per heavy atom. The fraction of sp³-hybridized carbons (Fsp3) is 0.536. The van der Waals surface area contributed by atoms with E-state index in [4.69, 9.17) is 13.7 Å². The van der Waals surface area contributed by atoms with Crippen LogP contribution in [-0.4, -0.2) is 53.6 Å². The molecule has 3 heterocycles. The van der Waals surface area contributed by atoms with Crippen molar-refractivity contribution in [2.45, 2.75) is 65.3 Å². The second kappa shape index (κ2) is 12.4. The van der Waals surface area contributed by atoms with Crippen molar-refractivity contribution in [2.24, 2.45) is 5.92 Å². The van der Waals surface area contributed by atoms with Crippen LogP contribution in [0.5, 0.6) is 0 Å². The number of aliphatic hydroxyl groups is 1. The minimum Gasteiger partial charge on any atom is -0.467 e. The molecule has 2 unspecified atom stereocenters. The van der Waals surface area contributed by atoms with E-state index in [-0.39, 0.29) is 12.6 Å². The molecule has 0 amide bonds. The number of rotatable bonds is 12. The maximum Gasteiger partial charge on any atom is 0.232 e. The van der Waals surface area contributed by atoms with Crippen LogP contribution >= 0.6 is 0 Å². The smallest absolute Gasteiger partial charge is 0.232 e. The van der Waals surface area contributed by atoms with E-state index in [0.717, 1.165) is 66.7 Å². The van der Waals surface area contributed by atoms with Crippen molar-refractivity contribution in [1.82, 2.24) is 10.1 Å². The monoisotopic (exact) mass is 481 g/mol. The highest BCUT2D eigenvalue weighted by molar-refractivity contribution is 5.68. The summed E-state index contributed by atoms with van der Waals surface area (Å²) in [7, 11) is 0. The van der Waals surface area contributed by atoms with Crippen LogP contribution in [0.15, 0.2) is 57.7 Å². The van der Waals surface area contributed by atoms with Gasteiger partial charge in [0, 0.05) is 37.8 Å². The largest absolute Gasteiger partial charge is 0.467 e. The molecule has 0 bridgehead atoms. The molecule has 0 spiro atoms. The number of aliphatic hydroxyl groups excluding tert-OH is 1. The zero-order chi connectivity index (χ0) is 24.6. The Morgan fingerprint density at radius 1 is 1.17 bits per heavy atom. The molecule has 7 nitrogen and oxygen atoms in total. The van der Waals surface area contributed by atoms with Gasteiger partial charge >= 0.3 is 0 Å². The van der Waals surface area contributed by atoms with Crippen molar-refractivity contribution in [1.29, 1.82) is 0 Å². The van der Waals surface area contributed by atoms with Crippen LogP contribution in [0.2, 0.25) is 0 Å². The quantitative estimate of drug-likeness (QED) is 0.374. The first-order valence-electron chi connectivity index (χ1n) is 12.9. The second-order valence-corrected chi connectivity index (χ2v) is 9.79. The number of piperidine rings is 1. The summed E-state index contributed by atoms with van der Waals surface area (Å²) >= 11 is 0. The molecule has 4 rings (SSSR count). The predicted octanol–water partition coefficient (Wildman–Crippen LogP) is 5.35. The van der Waals surface area contributed by atoms with E-state index in [9.17, 15) is 5.11 Å². The SMILES string of the molecule is CCC(C)N(Cc1c(-c2ccccc2)noc1N1CCC(C)CC1)CC(O)COCc1ccco1. The van der Waals surface area contributed by atoms with Crippen molar-refractivity contribution < 1.29 is 18.8 Å². The summed E-state index contributed by atoms with van der Waals surface area (Å²) in [6, 6.07) is 14.2. The average molecular weight is 482 g/mol. The normalized spacial score (nSPS) is 16.7. The minimum atomic E-state index is -0.613. The van der Waals surface area contributed by atoms with E-state index < -0.39 is 6.10 Å². The van der Waals surface area contributed by atoms with Gasteiger partial charge in [0.25, 0.3) is 0 Å². The number of anilines is 1. The van der Waals surface area contributed by atoms with Crippen LogP contribution in [0, 0.1) is 5.92 Å². The number of hydrogen-bond donors (Lipinski definition) is 1. The summed E-state index contributed by atoms with van der Waals surface area (Å²) in [5.41, 5.74) is 3.03. The van der Waals surface area contributed by atoms with E-state index in [1.54, 1.807) is 6.26 Å². The van der Waals surface area contributed by atoms with Crippen molar-refractivity contribution in [3.8, 4) is 11.3 Å². The molecule has 0 saturated carbocycles. The molecule has 190 valence electrons. The van der Waals surface area contributed by atoms with Gasteiger partial charge in [-0.25, -0.2) is 0 Å². The highest BCUT2D eigenvalue weighted by Gasteiger charge is 2.28. The van der Waals surface area contributed by atoms with Crippen LogP contribution in [-0.2, 0) is 17.9 Å². The first kappa shape index (κ1) is 25.5. The number of ether oxygens (including phenoxy) is 1. The molecule has 1 aliphatic heterocycles. The number of hydrogen-bond acceptors (Lipinski definition) is 7. The highest BCUT2D eigenvalue weighted by atomic mass is 16.5. The van der Waals surface area contributed by atoms with Crippen LogP contribution < -0.4 is 4.90 Å². The number of furan rings is 1. The Morgan fingerprint density at radius 2 is 1.94 bits per heavy atom. The topological polar surface area (TPSA) is 75.1 Å². The van der Waals surface area contributed by atoms with Gasteiger partial charge in [-0.05, 0) is 44.2 Å². The van der Waals surface area contributed by atoms with E-state index in [1.165, 1.54) is 0 Å². The summed E-state index contributed by atoms with van der Waals surface area (Å²) < 4.78 is 17.0. The molecule has 35 heavy (non-hydrogen) atoms. The van der Waals surface area contributed by atoms with E-state index in [1.807, 2.05) is 30.3 Å². The molecule has 1 saturated heterocycles. The van der Waals surface area contributed by atoms with Crippen LogP contribution in [0.4, 0.5) is 5.88 Å². The van der Waals surface area contributed by atoms with E-state index in [2.05, 4.69) is 47.9 Å². The van der Waals surface area contributed by atoms with Crippen molar-refractivity contribution in [3.63, 3.8) is 0 Å². The fourth-order valence-corrected chi connectivity index (χ4v) is 4.60. The lowest BCUT2D eigenvalue weighted by atomic mass is 9.98. The molecule has 0 radical (unpaired) electrons. The molecule has 1 aliphatic rings. The Hall–Kier alpha value is -2.61. The van der Waals surface area contributed by atoms with Gasteiger partial charge in [0.15, 0.2) is 0 Å². The first-order valence-corrected chi connectivity index (χ1v) is 12.9. The predicted molar refractivity (Wildman–Crippen MR) is 137 cm³/mol. The van der Waals surface area contributed by atoms with Crippen molar-refractivity contribution in [2.75, 3.05) is 31.1 Å². The maximum atomic E-state index is 10.8. The Balaban J connectivity index is 1.52. The molecule has 1 fully saturated rings. The molecule has 0 aliphatic carbocycles. The first-order chi connectivity index (χ1) is 17.0. The Bertz CT molecular complexity index is 997. The summed E-state index contributed by atoms with van der Waals surface area (Å²) in [5.74, 6) is 2.36. The molecule has 1 aromatic carbocycles. The summed E-state index contributed by atoms with van der Waals surface area (Å²) in [5, 5.41) is 15.3. The number of aromatic nitrogens is 1. The van der Waals surface area contributed by atoms with Gasteiger partial charge in [-0.2, -0.15) is 0 Å². The summed E-state index contributed by atoms with van der Waals surface area (Å²) in [6.45, 7) is 10.4. The lowest BCUT2D eigenvalue weighted by Crippen LogP contribution is -2.40. The van der Waals surface area contributed by atoms with Gasteiger partial charge in [-0.15, -0.1) is 0 Å². The van der Waals surface area contributed by atoms with Crippen LogP contribution in [0.3, 0.4) is 0 Å². The number of nitrogens with zero attached hydrogens (tertiary/aromatic N) is 3. The second-order valence-electron chi connectivity index (χ2n) is 9.79. The van der Waals surface area contributed by atoms with Gasteiger partial charge in [-0.1, -0.05) is 49.3 Å². The molecule has 2 atom stereocenters. The standard InChI is InChI=1S/C28H39N3O4/c1-4-22(3)31(17-24(32)19-33-20-25-11-8-16-34-25)18-26-27(23-9-6-5-7-10-23)29-35-28(26)30-14-12-21(2)13-15-30/h5-11,16,21-22,24,32H,4,12-15,17-20H2,1-3H3. The lowest BCUT2D eigenvalue weighted by Gasteiger charge is -2.33. The average Bonchev–Trinajstić information content (AvgIpc) is 3.54. The molecule has 1 N–H and O–H groups in total. The van der Waals surface area contributed by atoms with E-state index >= 15 is 0 Å². The van der Waals surface area contributed by atoms with Crippen LogP contribution in [0.25, 0.3) is 11.3 Å². The third-order valence-corrected chi connectivity index (χ3v) is 7.04. The molecular weight excluding hydrogens is 442 g/mol. The third kappa shape index (κ3) is 6.75. The van der Waals surface area contributed by atoms with Gasteiger partial charge in [0.1, 0.15) is 18.1 Å². The summed E-state index contributed by atoms with van der Waals surface area (Å²) in [6.07, 6.45) is 4.30. The fourth-order valence-electron chi connectivity index (χ4n) is 4.60. The van der Waals surface area contributed by atoms with Gasteiger partial charge < -0.3 is 23.7 Å². The molecule has 2 aromatic heterocycles. The molecule has 3 aromatic rings.